The molecule has 0 saturated carbocycles. The molecule has 0 amide bonds. The average molecular weight is 239 g/mol. The summed E-state index contributed by atoms with van der Waals surface area (Å²) in [6.07, 6.45) is 2.22. The van der Waals surface area contributed by atoms with Crippen LogP contribution in [0.2, 0.25) is 0 Å². The highest BCUT2D eigenvalue weighted by atomic mass is 19.1. The number of hydrogen-bond acceptors (Lipinski definition) is 4. The first-order valence-corrected chi connectivity index (χ1v) is 4.54. The highest BCUT2D eigenvalue weighted by Crippen LogP contribution is 2.21. The molecule has 0 aliphatic rings. The number of nitrogen functional groups attached to an aromatic ring is 1. The van der Waals surface area contributed by atoms with Crippen molar-refractivity contribution in [1.82, 2.24) is 0 Å². The molecule has 1 rings (SSSR count). The van der Waals surface area contributed by atoms with Crippen molar-refractivity contribution in [3.8, 4) is 0 Å². The Bertz CT molecular complexity index is 496. The maximum Gasteiger partial charge on any atom is 0.337 e. The number of ether oxygens (including phenoxy) is 1. The van der Waals surface area contributed by atoms with Crippen molar-refractivity contribution in [2.45, 2.75) is 0 Å². The van der Waals surface area contributed by atoms with Crippen LogP contribution in [0.1, 0.15) is 15.9 Å². The molecular formula is C11H10FNO4. The van der Waals surface area contributed by atoms with E-state index in [1.54, 1.807) is 0 Å². The standard InChI is InChI=1S/C11H10FNO4/c1-17-9(14)3-2-6-4-7(12)5-8(10(6)13)11(15)16/h2-5H,13H2,1H3,(H,15,16). The van der Waals surface area contributed by atoms with Crippen LogP contribution in [0.15, 0.2) is 18.2 Å². The molecule has 0 atom stereocenters. The maximum atomic E-state index is 13.1. The van der Waals surface area contributed by atoms with E-state index in [1.165, 1.54) is 13.2 Å². The van der Waals surface area contributed by atoms with Crippen LogP contribution in [-0.2, 0) is 9.53 Å². The summed E-state index contributed by atoms with van der Waals surface area (Å²) >= 11 is 0. The van der Waals surface area contributed by atoms with E-state index in [4.69, 9.17) is 10.8 Å². The molecule has 0 saturated heterocycles. The third-order valence-corrected chi connectivity index (χ3v) is 2.01. The van der Waals surface area contributed by atoms with Gasteiger partial charge in [0.15, 0.2) is 0 Å². The van der Waals surface area contributed by atoms with Crippen LogP contribution in [0, 0.1) is 5.82 Å². The van der Waals surface area contributed by atoms with E-state index < -0.39 is 17.8 Å². The number of aromatic carboxylic acids is 1. The van der Waals surface area contributed by atoms with Gasteiger partial charge in [-0.2, -0.15) is 0 Å². The third kappa shape index (κ3) is 3.04. The first-order valence-electron chi connectivity index (χ1n) is 4.54. The van der Waals surface area contributed by atoms with Crippen molar-refractivity contribution in [3.63, 3.8) is 0 Å². The number of anilines is 1. The highest BCUT2D eigenvalue weighted by Gasteiger charge is 2.12. The molecule has 1 aromatic carbocycles. The zero-order valence-electron chi connectivity index (χ0n) is 8.94. The number of carbonyl (C=O) groups excluding carboxylic acids is 1. The molecular weight excluding hydrogens is 229 g/mol. The topological polar surface area (TPSA) is 89.6 Å². The van der Waals surface area contributed by atoms with Crippen LogP contribution in [0.3, 0.4) is 0 Å². The van der Waals surface area contributed by atoms with Crippen molar-refractivity contribution in [2.24, 2.45) is 0 Å². The Morgan fingerprint density at radius 2 is 2.12 bits per heavy atom. The quantitative estimate of drug-likeness (QED) is 0.471. The predicted octanol–water partition coefficient (Wildman–Crippen LogP) is 1.29. The normalized spacial score (nSPS) is 10.5. The Kier molecular flexibility index (Phi) is 3.82. The molecule has 0 fully saturated rings. The van der Waals surface area contributed by atoms with Gasteiger partial charge in [-0.05, 0) is 18.2 Å². The molecule has 0 radical (unpaired) electrons. The van der Waals surface area contributed by atoms with Gasteiger partial charge in [-0.25, -0.2) is 14.0 Å². The molecule has 0 aliphatic carbocycles. The Labute approximate surface area is 96.3 Å². The predicted molar refractivity (Wildman–Crippen MR) is 58.8 cm³/mol. The van der Waals surface area contributed by atoms with Gasteiger partial charge >= 0.3 is 11.9 Å². The lowest BCUT2D eigenvalue weighted by atomic mass is 10.1. The lowest BCUT2D eigenvalue weighted by molar-refractivity contribution is -0.134. The molecule has 90 valence electrons. The van der Waals surface area contributed by atoms with Gasteiger partial charge in [-0.15, -0.1) is 0 Å². The van der Waals surface area contributed by atoms with Crippen molar-refractivity contribution in [2.75, 3.05) is 12.8 Å². The summed E-state index contributed by atoms with van der Waals surface area (Å²) in [5.74, 6) is -2.73. The molecule has 3 N–H and O–H groups in total. The smallest absolute Gasteiger partial charge is 0.337 e. The fourth-order valence-corrected chi connectivity index (χ4v) is 1.18. The molecule has 5 nitrogen and oxygen atoms in total. The number of methoxy groups -OCH3 is 1. The molecule has 6 heteroatoms. The van der Waals surface area contributed by atoms with Crippen LogP contribution < -0.4 is 5.73 Å². The first kappa shape index (κ1) is 12.7. The van der Waals surface area contributed by atoms with E-state index in [-0.39, 0.29) is 16.8 Å². The van der Waals surface area contributed by atoms with E-state index in [9.17, 15) is 14.0 Å². The first-order chi connectivity index (χ1) is 7.95. The lowest BCUT2D eigenvalue weighted by Crippen LogP contribution is -2.05. The third-order valence-electron chi connectivity index (χ3n) is 2.01. The molecule has 0 bridgehead atoms. The number of nitrogens with two attached hydrogens (primary N) is 1. The second-order valence-electron chi connectivity index (χ2n) is 3.12. The van der Waals surface area contributed by atoms with Gasteiger partial charge in [0, 0.05) is 11.6 Å². The molecule has 1 aromatic rings. The summed E-state index contributed by atoms with van der Waals surface area (Å²) in [5, 5.41) is 8.78. The van der Waals surface area contributed by atoms with Gasteiger partial charge in [-0.1, -0.05) is 0 Å². The minimum atomic E-state index is -1.34. The minimum absolute atomic E-state index is 0.104. The molecule has 17 heavy (non-hydrogen) atoms. The van der Waals surface area contributed by atoms with Crippen molar-refractivity contribution in [3.05, 3.63) is 35.2 Å². The van der Waals surface area contributed by atoms with Crippen LogP contribution in [0.5, 0.6) is 0 Å². The SMILES string of the molecule is COC(=O)C=Cc1cc(F)cc(C(=O)O)c1N. The second kappa shape index (κ2) is 5.11. The van der Waals surface area contributed by atoms with Crippen LogP contribution in [-0.4, -0.2) is 24.2 Å². The zero-order valence-corrected chi connectivity index (χ0v) is 8.94. The molecule has 0 aliphatic heterocycles. The fraction of sp³-hybridized carbons (Fsp3) is 0.0909. The number of benzene rings is 1. The number of hydrogen-bond donors (Lipinski definition) is 2. The summed E-state index contributed by atoms with van der Waals surface area (Å²) in [7, 11) is 1.18. The monoisotopic (exact) mass is 239 g/mol. The van der Waals surface area contributed by atoms with Gasteiger partial charge in [0.1, 0.15) is 5.82 Å². The number of esters is 1. The molecule has 0 spiro atoms. The number of carbonyl (C=O) groups is 2. The highest BCUT2D eigenvalue weighted by molar-refractivity contribution is 5.97. The van der Waals surface area contributed by atoms with E-state index in [0.29, 0.717) is 0 Å². The van der Waals surface area contributed by atoms with Crippen LogP contribution >= 0.6 is 0 Å². The van der Waals surface area contributed by atoms with E-state index in [0.717, 1.165) is 18.2 Å². The summed E-state index contributed by atoms with van der Waals surface area (Å²) in [6, 6.07) is 1.84. The van der Waals surface area contributed by atoms with Gasteiger partial charge in [0.2, 0.25) is 0 Å². The van der Waals surface area contributed by atoms with Gasteiger partial charge in [0.05, 0.1) is 18.4 Å². The molecule has 0 aromatic heterocycles. The molecule has 0 unspecified atom stereocenters. The molecule has 0 heterocycles. The number of halogens is 1. The maximum absolute atomic E-state index is 13.1. The Morgan fingerprint density at radius 1 is 1.47 bits per heavy atom. The zero-order chi connectivity index (χ0) is 13.0. The van der Waals surface area contributed by atoms with Crippen molar-refractivity contribution < 1.29 is 23.8 Å². The summed E-state index contributed by atoms with van der Waals surface area (Å²) in [5.41, 5.74) is 5.17. The lowest BCUT2D eigenvalue weighted by Gasteiger charge is -2.05. The van der Waals surface area contributed by atoms with Crippen molar-refractivity contribution >= 4 is 23.7 Å². The second-order valence-corrected chi connectivity index (χ2v) is 3.12. The largest absolute Gasteiger partial charge is 0.478 e. The summed E-state index contributed by atoms with van der Waals surface area (Å²) < 4.78 is 17.4. The Morgan fingerprint density at radius 3 is 2.65 bits per heavy atom. The summed E-state index contributed by atoms with van der Waals surface area (Å²) in [4.78, 5) is 21.6. The Hall–Kier alpha value is -2.37. The van der Waals surface area contributed by atoms with E-state index in [2.05, 4.69) is 4.74 Å². The van der Waals surface area contributed by atoms with Crippen molar-refractivity contribution in [1.29, 1.82) is 0 Å². The summed E-state index contributed by atoms with van der Waals surface area (Å²) in [6.45, 7) is 0. The van der Waals surface area contributed by atoms with Gasteiger partial charge in [0.25, 0.3) is 0 Å². The number of carboxylic acids is 1. The van der Waals surface area contributed by atoms with Gasteiger partial charge < -0.3 is 15.6 Å². The van der Waals surface area contributed by atoms with Crippen LogP contribution in [0.25, 0.3) is 6.08 Å². The Balaban J connectivity index is 3.21. The minimum Gasteiger partial charge on any atom is -0.478 e. The van der Waals surface area contributed by atoms with Crippen LogP contribution in [0.4, 0.5) is 10.1 Å². The number of carboxylic acid groups (broad SMARTS) is 1. The average Bonchev–Trinajstić information content (AvgIpc) is 2.28. The van der Waals surface area contributed by atoms with E-state index in [1.807, 2.05) is 0 Å². The van der Waals surface area contributed by atoms with E-state index >= 15 is 0 Å². The number of rotatable bonds is 3. The van der Waals surface area contributed by atoms with Gasteiger partial charge in [-0.3, -0.25) is 0 Å². The fourth-order valence-electron chi connectivity index (χ4n) is 1.18.